The molecule has 0 aromatic heterocycles. The van der Waals surface area contributed by atoms with Gasteiger partial charge in [0.2, 0.25) is 0 Å². The topological polar surface area (TPSA) is 96.9 Å². The van der Waals surface area contributed by atoms with E-state index in [1.54, 1.807) is 46.8 Å². The number of rotatable bonds is 8. The van der Waals surface area contributed by atoms with Gasteiger partial charge in [0.1, 0.15) is 29.7 Å². The predicted octanol–water partition coefficient (Wildman–Crippen LogP) is 7.17. The summed E-state index contributed by atoms with van der Waals surface area (Å²) in [5.41, 5.74) is 2.07. The second-order valence-corrected chi connectivity index (χ2v) is 12.5. The van der Waals surface area contributed by atoms with E-state index >= 15 is 0 Å². The zero-order valence-electron chi connectivity index (χ0n) is 26.0. The normalized spacial score (nSPS) is 16.6. The first-order valence-corrected chi connectivity index (χ1v) is 15.4. The van der Waals surface area contributed by atoms with Crippen molar-refractivity contribution in [3.05, 3.63) is 70.5 Å². The van der Waals surface area contributed by atoms with E-state index in [2.05, 4.69) is 5.32 Å². The van der Waals surface area contributed by atoms with Crippen molar-refractivity contribution in [3.63, 3.8) is 0 Å². The Morgan fingerprint density at radius 3 is 1.88 bits per heavy atom. The molecule has 0 bridgehead atoms. The van der Waals surface area contributed by atoms with Crippen LogP contribution in [0.25, 0.3) is 6.08 Å². The number of nitrogens with one attached hydrogen (secondary N) is 1. The third-order valence-electron chi connectivity index (χ3n) is 7.48. The molecule has 1 N–H and O–H groups in total. The molecule has 2 saturated carbocycles. The summed E-state index contributed by atoms with van der Waals surface area (Å²) in [5, 5.41) is 15.3. The van der Waals surface area contributed by atoms with Gasteiger partial charge in [0.25, 0.3) is 0 Å². The Morgan fingerprint density at radius 2 is 1.40 bits per heavy atom. The lowest BCUT2D eigenvalue weighted by Gasteiger charge is -2.30. The second kappa shape index (κ2) is 16.4. The van der Waals surface area contributed by atoms with E-state index in [0.29, 0.717) is 22.4 Å². The lowest BCUT2D eigenvalue weighted by atomic mass is 9.91. The SMILES string of the molecule is C1CCC(NC2CCCCC2)CC1.Cc1cc(/C=C(\OCc2ccccc2)C(=O)[O-])cc(C)c1OC(=O)OC(C)(C)C. The van der Waals surface area contributed by atoms with Crippen LogP contribution in [-0.4, -0.2) is 29.8 Å². The van der Waals surface area contributed by atoms with Crippen molar-refractivity contribution >= 4 is 18.2 Å². The minimum atomic E-state index is -1.41. The summed E-state index contributed by atoms with van der Waals surface area (Å²) >= 11 is 0. The number of benzene rings is 2. The van der Waals surface area contributed by atoms with Crippen molar-refractivity contribution in [1.82, 2.24) is 5.32 Å². The number of carboxylic acids is 1. The highest BCUT2D eigenvalue weighted by Crippen LogP contribution is 2.27. The Kier molecular flexibility index (Phi) is 12.9. The highest BCUT2D eigenvalue weighted by molar-refractivity contribution is 5.88. The van der Waals surface area contributed by atoms with Gasteiger partial charge in [-0.3, -0.25) is 0 Å². The molecule has 7 heteroatoms. The first kappa shape index (κ1) is 33.2. The first-order valence-electron chi connectivity index (χ1n) is 15.4. The number of carbonyl (C=O) groups excluding carboxylic acids is 2. The molecule has 2 aromatic carbocycles. The van der Waals surface area contributed by atoms with Gasteiger partial charge in [-0.25, -0.2) is 4.79 Å². The van der Waals surface area contributed by atoms with E-state index in [9.17, 15) is 14.7 Å². The molecule has 0 unspecified atom stereocenters. The van der Waals surface area contributed by atoms with Crippen LogP contribution in [0.2, 0.25) is 0 Å². The monoisotopic (exact) mass is 578 g/mol. The fourth-order valence-corrected chi connectivity index (χ4v) is 5.50. The van der Waals surface area contributed by atoms with Gasteiger partial charge in [0.15, 0.2) is 0 Å². The Labute approximate surface area is 251 Å². The van der Waals surface area contributed by atoms with Crippen LogP contribution in [0.15, 0.2) is 48.2 Å². The quantitative estimate of drug-likeness (QED) is 0.154. The Balaban J connectivity index is 0.000000307. The number of aliphatic carboxylic acids is 1. The lowest BCUT2D eigenvalue weighted by molar-refractivity contribution is -0.303. The Hall–Kier alpha value is -3.32. The fourth-order valence-electron chi connectivity index (χ4n) is 5.50. The average molecular weight is 579 g/mol. The number of hydrogen-bond acceptors (Lipinski definition) is 7. The summed E-state index contributed by atoms with van der Waals surface area (Å²) in [6.45, 7) is 8.87. The molecule has 230 valence electrons. The van der Waals surface area contributed by atoms with E-state index < -0.39 is 17.7 Å². The molecular formula is C35H48NO6-. The van der Waals surface area contributed by atoms with Crippen LogP contribution in [0.5, 0.6) is 5.75 Å². The van der Waals surface area contributed by atoms with Crippen molar-refractivity contribution in [2.75, 3.05) is 0 Å². The van der Waals surface area contributed by atoms with Gasteiger partial charge >= 0.3 is 6.16 Å². The van der Waals surface area contributed by atoms with Gasteiger partial charge in [-0.15, -0.1) is 0 Å². The molecule has 2 aliphatic rings. The van der Waals surface area contributed by atoms with Gasteiger partial charge < -0.3 is 29.4 Å². The summed E-state index contributed by atoms with van der Waals surface area (Å²) in [4.78, 5) is 23.4. The zero-order chi connectivity index (χ0) is 30.5. The second-order valence-electron chi connectivity index (χ2n) is 12.5. The molecule has 0 atom stereocenters. The maximum Gasteiger partial charge on any atom is 0.514 e. The van der Waals surface area contributed by atoms with Crippen molar-refractivity contribution in [1.29, 1.82) is 0 Å². The summed E-state index contributed by atoms with van der Waals surface area (Å²) in [5.74, 6) is -1.32. The predicted molar refractivity (Wildman–Crippen MR) is 164 cm³/mol. The van der Waals surface area contributed by atoms with E-state index in [0.717, 1.165) is 17.6 Å². The van der Waals surface area contributed by atoms with Gasteiger partial charge in [-0.2, -0.15) is 0 Å². The third-order valence-corrected chi connectivity index (χ3v) is 7.48. The standard InChI is InChI=1S/C23H26O6.C12H23N/c1-15-11-18(12-16(2)20(15)28-22(26)29-23(3,4)5)13-19(21(24)25)27-14-17-9-7-6-8-10-17;1-3-7-11(8-4-1)13-12-9-5-2-6-10-12/h6-13H,14H2,1-5H3,(H,24,25);11-13H,1-10H2/p-1/b19-13-;. The van der Waals surface area contributed by atoms with Crippen molar-refractivity contribution < 1.29 is 28.9 Å². The minimum Gasteiger partial charge on any atom is -0.542 e. The highest BCUT2D eigenvalue weighted by Gasteiger charge is 2.21. The highest BCUT2D eigenvalue weighted by atomic mass is 16.7. The molecule has 0 spiro atoms. The van der Waals surface area contributed by atoms with Gasteiger partial charge in [-0.1, -0.05) is 68.9 Å². The summed E-state index contributed by atoms with van der Waals surface area (Å²) in [6, 6.07) is 14.4. The summed E-state index contributed by atoms with van der Waals surface area (Å²) in [6.07, 6.45) is 15.2. The Bertz CT molecular complexity index is 1130. The molecule has 0 radical (unpaired) electrons. The molecule has 2 aromatic rings. The van der Waals surface area contributed by atoms with Gasteiger partial charge in [0, 0.05) is 12.1 Å². The molecular weight excluding hydrogens is 530 g/mol. The Morgan fingerprint density at radius 1 is 0.881 bits per heavy atom. The zero-order valence-corrected chi connectivity index (χ0v) is 26.0. The summed E-state index contributed by atoms with van der Waals surface area (Å²) in [7, 11) is 0. The van der Waals surface area contributed by atoms with E-state index in [-0.39, 0.29) is 12.4 Å². The largest absolute Gasteiger partial charge is 0.542 e. The van der Waals surface area contributed by atoms with Crippen LogP contribution in [0, 0.1) is 13.8 Å². The van der Waals surface area contributed by atoms with Crippen LogP contribution in [0.3, 0.4) is 0 Å². The van der Waals surface area contributed by atoms with Crippen LogP contribution >= 0.6 is 0 Å². The molecule has 0 amide bonds. The average Bonchev–Trinajstić information content (AvgIpc) is 2.94. The molecule has 42 heavy (non-hydrogen) atoms. The maximum absolute atomic E-state index is 11.9. The summed E-state index contributed by atoms with van der Waals surface area (Å²) < 4.78 is 15.9. The lowest BCUT2D eigenvalue weighted by Crippen LogP contribution is -2.40. The molecule has 0 saturated heterocycles. The van der Waals surface area contributed by atoms with Crippen LogP contribution in [0.4, 0.5) is 4.79 Å². The number of ether oxygens (including phenoxy) is 3. The smallest absolute Gasteiger partial charge is 0.514 e. The van der Waals surface area contributed by atoms with E-state index in [1.807, 2.05) is 30.3 Å². The van der Waals surface area contributed by atoms with Crippen LogP contribution < -0.4 is 15.2 Å². The molecule has 2 fully saturated rings. The molecule has 0 aliphatic heterocycles. The molecule has 0 heterocycles. The number of carbonyl (C=O) groups is 2. The minimum absolute atomic E-state index is 0.110. The van der Waals surface area contributed by atoms with Gasteiger partial charge in [-0.05, 0) is 101 Å². The fraction of sp³-hybridized carbons (Fsp3) is 0.543. The first-order chi connectivity index (χ1) is 20.0. The number of carboxylic acid groups (broad SMARTS) is 1. The maximum atomic E-state index is 11.9. The van der Waals surface area contributed by atoms with Crippen molar-refractivity contribution in [2.24, 2.45) is 0 Å². The van der Waals surface area contributed by atoms with Crippen molar-refractivity contribution in [2.45, 2.75) is 123 Å². The number of aryl methyl sites for hydroxylation is 2. The van der Waals surface area contributed by atoms with Crippen LogP contribution in [0.1, 0.15) is 107 Å². The van der Waals surface area contributed by atoms with Gasteiger partial charge in [0.05, 0.1) is 0 Å². The van der Waals surface area contributed by atoms with E-state index in [4.69, 9.17) is 14.2 Å². The molecule has 2 aliphatic carbocycles. The third kappa shape index (κ3) is 11.9. The van der Waals surface area contributed by atoms with E-state index in [1.165, 1.54) is 70.3 Å². The van der Waals surface area contributed by atoms with Crippen molar-refractivity contribution in [3.8, 4) is 5.75 Å². The molecule has 4 rings (SSSR count). The number of hydrogen-bond donors (Lipinski definition) is 1. The van der Waals surface area contributed by atoms with Crippen LogP contribution in [-0.2, 0) is 20.9 Å². The molecule has 7 nitrogen and oxygen atoms in total.